The second-order valence-electron chi connectivity index (χ2n) is 5.50. The second-order valence-corrected chi connectivity index (χ2v) is 6.53. The fraction of sp³-hybridized carbons (Fsp3) is 0.643. The number of thiophene rings is 1. The van der Waals surface area contributed by atoms with Crippen LogP contribution < -0.4 is 5.32 Å². The van der Waals surface area contributed by atoms with Crippen LogP contribution in [0.15, 0.2) is 17.5 Å². The standard InChI is InChI=1S/C14H19NOS/c16-14(15-9-13-2-1-5-17-13)8-12-7-10-3-4-11(12)6-10/h1-2,5,10-12H,3-4,6-9H2,(H,15,16)/t10-,11-,12+/m1/s1. The van der Waals surface area contributed by atoms with Crippen LogP contribution >= 0.6 is 11.3 Å². The highest BCUT2D eigenvalue weighted by Gasteiger charge is 2.39. The van der Waals surface area contributed by atoms with Crippen molar-refractivity contribution in [1.82, 2.24) is 5.32 Å². The van der Waals surface area contributed by atoms with E-state index in [0.717, 1.165) is 18.3 Å². The predicted molar refractivity (Wildman–Crippen MR) is 69.7 cm³/mol. The molecule has 0 unspecified atom stereocenters. The van der Waals surface area contributed by atoms with Gasteiger partial charge in [0, 0.05) is 11.3 Å². The molecule has 3 atom stereocenters. The number of hydrogen-bond donors (Lipinski definition) is 1. The summed E-state index contributed by atoms with van der Waals surface area (Å²) in [7, 11) is 0. The third-order valence-electron chi connectivity index (χ3n) is 4.37. The highest BCUT2D eigenvalue weighted by Crippen LogP contribution is 2.49. The number of fused-ring (bicyclic) bond motifs is 2. The van der Waals surface area contributed by atoms with Crippen LogP contribution in [0.5, 0.6) is 0 Å². The van der Waals surface area contributed by atoms with Gasteiger partial charge in [-0.1, -0.05) is 12.5 Å². The minimum atomic E-state index is 0.246. The lowest BCUT2D eigenvalue weighted by atomic mass is 9.86. The monoisotopic (exact) mass is 249 g/mol. The van der Waals surface area contributed by atoms with E-state index in [9.17, 15) is 4.79 Å². The van der Waals surface area contributed by atoms with Gasteiger partial charge in [-0.05, 0) is 48.5 Å². The Hall–Kier alpha value is -0.830. The van der Waals surface area contributed by atoms with E-state index >= 15 is 0 Å². The molecule has 0 aromatic carbocycles. The van der Waals surface area contributed by atoms with Gasteiger partial charge in [0.05, 0.1) is 6.54 Å². The van der Waals surface area contributed by atoms with Gasteiger partial charge in [0.1, 0.15) is 0 Å². The molecule has 0 aliphatic heterocycles. The molecule has 3 heteroatoms. The van der Waals surface area contributed by atoms with E-state index < -0.39 is 0 Å². The van der Waals surface area contributed by atoms with Gasteiger partial charge in [-0.25, -0.2) is 0 Å². The summed E-state index contributed by atoms with van der Waals surface area (Å²) in [5.74, 6) is 2.72. The van der Waals surface area contributed by atoms with Gasteiger partial charge in [0.25, 0.3) is 0 Å². The van der Waals surface area contributed by atoms with Gasteiger partial charge >= 0.3 is 0 Å². The summed E-state index contributed by atoms with van der Waals surface area (Å²) in [5.41, 5.74) is 0. The largest absolute Gasteiger partial charge is 0.351 e. The first-order chi connectivity index (χ1) is 8.31. The minimum absolute atomic E-state index is 0.246. The van der Waals surface area contributed by atoms with E-state index in [4.69, 9.17) is 0 Å². The summed E-state index contributed by atoms with van der Waals surface area (Å²) in [6.45, 7) is 0.706. The van der Waals surface area contributed by atoms with Crippen molar-refractivity contribution in [2.75, 3.05) is 0 Å². The Morgan fingerprint density at radius 2 is 2.35 bits per heavy atom. The van der Waals surface area contributed by atoms with Gasteiger partial charge in [-0.2, -0.15) is 0 Å². The van der Waals surface area contributed by atoms with Crippen LogP contribution in [-0.2, 0) is 11.3 Å². The molecular weight excluding hydrogens is 230 g/mol. The molecule has 1 amide bonds. The Labute approximate surface area is 106 Å². The normalized spacial score (nSPS) is 30.7. The molecule has 92 valence electrons. The zero-order valence-corrected chi connectivity index (χ0v) is 10.8. The van der Waals surface area contributed by atoms with E-state index in [0.29, 0.717) is 12.5 Å². The van der Waals surface area contributed by atoms with Gasteiger partial charge in [-0.3, -0.25) is 4.79 Å². The fourth-order valence-corrected chi connectivity index (χ4v) is 4.18. The van der Waals surface area contributed by atoms with Crippen LogP contribution in [0.4, 0.5) is 0 Å². The molecule has 1 heterocycles. The van der Waals surface area contributed by atoms with Gasteiger partial charge < -0.3 is 5.32 Å². The SMILES string of the molecule is O=C(C[C@@H]1C[C@@H]2CC[C@@H]1C2)NCc1cccs1. The number of rotatable bonds is 4. The Bertz CT molecular complexity index is 387. The summed E-state index contributed by atoms with van der Waals surface area (Å²) < 4.78 is 0. The van der Waals surface area contributed by atoms with Crippen molar-refractivity contribution in [2.24, 2.45) is 17.8 Å². The first-order valence-corrected chi connectivity index (χ1v) is 7.48. The summed E-state index contributed by atoms with van der Waals surface area (Å²) in [4.78, 5) is 13.1. The molecule has 2 aliphatic rings. The van der Waals surface area contributed by atoms with Crippen LogP contribution in [0.2, 0.25) is 0 Å². The van der Waals surface area contributed by atoms with Crippen LogP contribution in [0.25, 0.3) is 0 Å². The predicted octanol–water partition coefficient (Wildman–Crippen LogP) is 3.19. The lowest BCUT2D eigenvalue weighted by molar-refractivity contribution is -0.122. The number of carbonyl (C=O) groups is 1. The average Bonchev–Trinajstić information content (AvgIpc) is 3.03. The first-order valence-electron chi connectivity index (χ1n) is 6.60. The topological polar surface area (TPSA) is 29.1 Å². The molecule has 17 heavy (non-hydrogen) atoms. The molecule has 0 saturated heterocycles. The van der Waals surface area contributed by atoms with Crippen molar-refractivity contribution in [2.45, 2.75) is 38.6 Å². The number of hydrogen-bond acceptors (Lipinski definition) is 2. The van der Waals surface area contributed by atoms with Crippen molar-refractivity contribution in [3.05, 3.63) is 22.4 Å². The van der Waals surface area contributed by atoms with Gasteiger partial charge in [0.2, 0.25) is 5.91 Å². The molecule has 0 spiro atoms. The van der Waals surface area contributed by atoms with Gasteiger partial charge in [-0.15, -0.1) is 11.3 Å². The molecule has 1 aromatic rings. The zero-order chi connectivity index (χ0) is 11.7. The Morgan fingerprint density at radius 3 is 3.00 bits per heavy atom. The van der Waals surface area contributed by atoms with E-state index in [1.54, 1.807) is 11.3 Å². The molecule has 1 N–H and O–H groups in total. The quantitative estimate of drug-likeness (QED) is 0.872. The maximum Gasteiger partial charge on any atom is 0.220 e. The highest BCUT2D eigenvalue weighted by molar-refractivity contribution is 7.09. The second kappa shape index (κ2) is 4.81. The zero-order valence-electron chi connectivity index (χ0n) is 10.0. The summed E-state index contributed by atoms with van der Waals surface area (Å²) in [6.07, 6.45) is 6.23. The third-order valence-corrected chi connectivity index (χ3v) is 5.25. The van der Waals surface area contributed by atoms with E-state index in [1.807, 2.05) is 6.07 Å². The summed E-state index contributed by atoms with van der Waals surface area (Å²) in [5, 5.41) is 5.10. The van der Waals surface area contributed by atoms with Gasteiger partial charge in [0.15, 0.2) is 0 Å². The number of nitrogens with one attached hydrogen (secondary N) is 1. The van der Waals surface area contributed by atoms with Crippen LogP contribution in [0.1, 0.15) is 37.0 Å². The Kier molecular flexibility index (Phi) is 3.19. The Balaban J connectivity index is 1.44. The Morgan fingerprint density at radius 1 is 1.41 bits per heavy atom. The molecule has 1 aromatic heterocycles. The van der Waals surface area contributed by atoms with Crippen molar-refractivity contribution < 1.29 is 4.79 Å². The first kappa shape index (κ1) is 11.3. The van der Waals surface area contributed by atoms with Crippen LogP contribution in [0.3, 0.4) is 0 Å². The fourth-order valence-electron chi connectivity index (χ4n) is 3.54. The molecule has 2 fully saturated rings. The van der Waals surface area contributed by atoms with E-state index in [1.165, 1.54) is 30.6 Å². The van der Waals surface area contributed by atoms with Crippen molar-refractivity contribution >= 4 is 17.2 Å². The maximum absolute atomic E-state index is 11.9. The summed E-state index contributed by atoms with van der Waals surface area (Å²) in [6, 6.07) is 4.10. The molecule has 3 rings (SSSR count). The molecule has 2 nitrogen and oxygen atoms in total. The third kappa shape index (κ3) is 2.54. The van der Waals surface area contributed by atoms with E-state index in [2.05, 4.69) is 16.8 Å². The molecule has 0 radical (unpaired) electrons. The van der Waals surface area contributed by atoms with E-state index in [-0.39, 0.29) is 5.91 Å². The molecule has 2 aliphatic carbocycles. The molecular formula is C14H19NOS. The minimum Gasteiger partial charge on any atom is -0.351 e. The molecule has 2 bridgehead atoms. The lowest BCUT2D eigenvalue weighted by Gasteiger charge is -2.20. The van der Waals surface area contributed by atoms with Crippen molar-refractivity contribution in [1.29, 1.82) is 0 Å². The maximum atomic E-state index is 11.9. The number of carbonyl (C=O) groups excluding carboxylic acids is 1. The smallest absolute Gasteiger partial charge is 0.220 e. The van der Waals surface area contributed by atoms with Crippen LogP contribution in [0, 0.1) is 17.8 Å². The average molecular weight is 249 g/mol. The number of amides is 1. The molecule has 2 saturated carbocycles. The van der Waals surface area contributed by atoms with Crippen molar-refractivity contribution in [3.63, 3.8) is 0 Å². The van der Waals surface area contributed by atoms with Crippen molar-refractivity contribution in [3.8, 4) is 0 Å². The highest BCUT2D eigenvalue weighted by atomic mass is 32.1. The summed E-state index contributed by atoms with van der Waals surface area (Å²) >= 11 is 1.71. The lowest BCUT2D eigenvalue weighted by Crippen LogP contribution is -2.26. The van der Waals surface area contributed by atoms with Crippen LogP contribution in [-0.4, -0.2) is 5.91 Å².